The largest absolute Gasteiger partial charge is 0.450 e. The fourth-order valence-corrected chi connectivity index (χ4v) is 3.37. The summed E-state index contributed by atoms with van der Waals surface area (Å²) in [7, 11) is -2.85. The van der Waals surface area contributed by atoms with Crippen LogP contribution in [0.15, 0.2) is 0 Å². The van der Waals surface area contributed by atoms with Crippen molar-refractivity contribution in [2.45, 2.75) is 19.8 Å². The summed E-state index contributed by atoms with van der Waals surface area (Å²) in [6.45, 7) is 2.70. The van der Waals surface area contributed by atoms with Crippen molar-refractivity contribution in [3.8, 4) is 0 Å². The average molecular weight is 235 g/mol. The molecule has 0 aromatic rings. The Labute approximate surface area is 90.1 Å². The molecule has 0 aliphatic carbocycles. The van der Waals surface area contributed by atoms with Gasteiger partial charge < -0.3 is 10.1 Å². The van der Waals surface area contributed by atoms with E-state index in [9.17, 15) is 13.2 Å². The minimum Gasteiger partial charge on any atom is -0.450 e. The molecule has 15 heavy (non-hydrogen) atoms. The summed E-state index contributed by atoms with van der Waals surface area (Å²) in [6, 6.07) is 0. The summed E-state index contributed by atoms with van der Waals surface area (Å²) in [4.78, 5) is 11.0. The normalized spacial score (nSPS) is 23.7. The molecule has 1 fully saturated rings. The van der Waals surface area contributed by atoms with Gasteiger partial charge in [-0.1, -0.05) is 6.92 Å². The van der Waals surface area contributed by atoms with E-state index < -0.39 is 15.9 Å². The fraction of sp³-hybridized carbons (Fsp3) is 0.889. The number of carbonyl (C=O) groups is 1. The quantitative estimate of drug-likeness (QED) is 0.772. The molecule has 1 rings (SSSR count). The van der Waals surface area contributed by atoms with Crippen LogP contribution in [0.5, 0.6) is 0 Å². The Morgan fingerprint density at radius 2 is 2.27 bits per heavy atom. The second-order valence-electron chi connectivity index (χ2n) is 3.79. The van der Waals surface area contributed by atoms with E-state index >= 15 is 0 Å². The topological polar surface area (TPSA) is 72.5 Å². The summed E-state index contributed by atoms with van der Waals surface area (Å²) in [6.07, 6.45) is 0.961. The van der Waals surface area contributed by atoms with Crippen molar-refractivity contribution in [1.29, 1.82) is 0 Å². The molecule has 0 aromatic heterocycles. The average Bonchev–Trinajstić information content (AvgIpc) is 2.52. The summed E-state index contributed by atoms with van der Waals surface area (Å²) < 4.78 is 27.0. The number of rotatable bonds is 4. The van der Waals surface area contributed by atoms with Crippen LogP contribution in [0, 0.1) is 5.92 Å². The third-order valence-corrected chi connectivity index (χ3v) is 4.14. The van der Waals surface area contributed by atoms with Crippen LogP contribution in [0.1, 0.15) is 19.8 Å². The Balaban J connectivity index is 2.18. The van der Waals surface area contributed by atoms with Crippen LogP contribution in [0.4, 0.5) is 4.79 Å². The molecule has 0 spiro atoms. The van der Waals surface area contributed by atoms with Crippen LogP contribution in [-0.4, -0.2) is 39.2 Å². The van der Waals surface area contributed by atoms with E-state index in [1.807, 2.05) is 6.92 Å². The van der Waals surface area contributed by atoms with Crippen LogP contribution in [0.2, 0.25) is 0 Å². The first kappa shape index (κ1) is 12.3. The summed E-state index contributed by atoms with van der Waals surface area (Å²) in [5.74, 6) is 0.467. The molecule has 6 heteroatoms. The Hall–Kier alpha value is -0.780. The van der Waals surface area contributed by atoms with E-state index in [2.05, 4.69) is 5.32 Å². The molecule has 0 aromatic carbocycles. The first-order chi connectivity index (χ1) is 7.03. The van der Waals surface area contributed by atoms with Gasteiger partial charge in [0.05, 0.1) is 18.1 Å². The van der Waals surface area contributed by atoms with Crippen molar-refractivity contribution in [3.63, 3.8) is 0 Å². The van der Waals surface area contributed by atoms with E-state index in [-0.39, 0.29) is 17.4 Å². The minimum absolute atomic E-state index is 0.0455. The number of ether oxygens (including phenoxy) is 1. The molecule has 1 N–H and O–H groups in total. The van der Waals surface area contributed by atoms with Gasteiger partial charge in [0.15, 0.2) is 9.84 Å². The Morgan fingerprint density at radius 3 is 2.80 bits per heavy atom. The maximum atomic E-state index is 11.1. The van der Waals surface area contributed by atoms with Crippen LogP contribution < -0.4 is 5.32 Å². The van der Waals surface area contributed by atoms with Crippen LogP contribution in [0.25, 0.3) is 0 Å². The van der Waals surface area contributed by atoms with Gasteiger partial charge >= 0.3 is 6.09 Å². The molecule has 0 unspecified atom stereocenters. The van der Waals surface area contributed by atoms with Crippen molar-refractivity contribution in [3.05, 3.63) is 0 Å². The van der Waals surface area contributed by atoms with Crippen LogP contribution >= 0.6 is 0 Å². The first-order valence-electron chi connectivity index (χ1n) is 5.14. The van der Waals surface area contributed by atoms with Crippen LogP contribution in [0.3, 0.4) is 0 Å². The summed E-state index contributed by atoms with van der Waals surface area (Å²) in [5, 5.41) is 2.57. The molecule has 0 bridgehead atoms. The molecule has 5 nitrogen and oxygen atoms in total. The van der Waals surface area contributed by atoms with Gasteiger partial charge in [-0.25, -0.2) is 13.2 Å². The van der Waals surface area contributed by atoms with E-state index in [0.29, 0.717) is 19.6 Å². The van der Waals surface area contributed by atoms with Gasteiger partial charge in [-0.2, -0.15) is 0 Å². The molecule has 1 amide bonds. The zero-order chi connectivity index (χ0) is 11.3. The Kier molecular flexibility index (Phi) is 4.38. The van der Waals surface area contributed by atoms with Gasteiger partial charge in [-0.3, -0.25) is 0 Å². The molecule has 1 aliphatic rings. The molecular formula is C9H17NO4S. The second kappa shape index (κ2) is 5.34. The van der Waals surface area contributed by atoms with Crippen molar-refractivity contribution in [2.75, 3.05) is 24.7 Å². The highest BCUT2D eigenvalue weighted by Gasteiger charge is 2.27. The molecule has 88 valence electrons. The molecule has 0 saturated carbocycles. The molecule has 1 heterocycles. The van der Waals surface area contributed by atoms with Crippen molar-refractivity contribution in [1.82, 2.24) is 5.32 Å². The standard InChI is InChI=1S/C9H17NO4S/c1-2-4-14-9(11)10-6-8-3-5-15(12,13)7-8/h8H,2-7H2,1H3,(H,10,11)/t8-/m1/s1. The highest BCUT2D eigenvalue weighted by atomic mass is 32.2. The molecule has 1 atom stereocenters. The van der Waals surface area contributed by atoms with E-state index in [1.165, 1.54) is 0 Å². The van der Waals surface area contributed by atoms with Gasteiger partial charge in [0.25, 0.3) is 0 Å². The maximum absolute atomic E-state index is 11.1. The predicted molar refractivity (Wildman–Crippen MR) is 56.4 cm³/mol. The number of nitrogens with one attached hydrogen (secondary N) is 1. The predicted octanol–water partition coefficient (Wildman–Crippen LogP) is 0.557. The summed E-state index contributed by atoms with van der Waals surface area (Å²) >= 11 is 0. The number of sulfone groups is 1. The number of amides is 1. The van der Waals surface area contributed by atoms with Crippen molar-refractivity contribution < 1.29 is 17.9 Å². The molecule has 1 saturated heterocycles. The first-order valence-corrected chi connectivity index (χ1v) is 6.96. The lowest BCUT2D eigenvalue weighted by molar-refractivity contribution is 0.145. The van der Waals surface area contributed by atoms with Crippen LogP contribution in [-0.2, 0) is 14.6 Å². The number of carbonyl (C=O) groups excluding carboxylic acids is 1. The van der Waals surface area contributed by atoms with Gasteiger partial charge in [0.1, 0.15) is 0 Å². The maximum Gasteiger partial charge on any atom is 0.407 e. The fourth-order valence-electron chi connectivity index (χ4n) is 1.51. The summed E-state index contributed by atoms with van der Waals surface area (Å²) in [5.41, 5.74) is 0. The van der Waals surface area contributed by atoms with Gasteiger partial charge in [-0.05, 0) is 18.8 Å². The second-order valence-corrected chi connectivity index (χ2v) is 6.01. The third kappa shape index (κ3) is 4.51. The molecule has 0 radical (unpaired) electrons. The van der Waals surface area contributed by atoms with Crippen molar-refractivity contribution >= 4 is 15.9 Å². The monoisotopic (exact) mass is 235 g/mol. The third-order valence-electron chi connectivity index (χ3n) is 2.30. The van der Waals surface area contributed by atoms with Gasteiger partial charge in [0.2, 0.25) is 0 Å². The van der Waals surface area contributed by atoms with Gasteiger partial charge in [-0.15, -0.1) is 0 Å². The lowest BCUT2D eigenvalue weighted by Crippen LogP contribution is -2.30. The zero-order valence-corrected chi connectivity index (χ0v) is 9.68. The smallest absolute Gasteiger partial charge is 0.407 e. The van der Waals surface area contributed by atoms with E-state index in [0.717, 1.165) is 6.42 Å². The zero-order valence-electron chi connectivity index (χ0n) is 8.86. The Bertz CT molecular complexity index is 312. The molecular weight excluding hydrogens is 218 g/mol. The van der Waals surface area contributed by atoms with Gasteiger partial charge in [0, 0.05) is 6.54 Å². The number of alkyl carbamates (subject to hydrolysis) is 1. The SMILES string of the molecule is CCCOC(=O)NC[C@H]1CCS(=O)(=O)C1. The Morgan fingerprint density at radius 1 is 1.53 bits per heavy atom. The lowest BCUT2D eigenvalue weighted by atomic mass is 10.1. The number of hydrogen-bond acceptors (Lipinski definition) is 4. The number of hydrogen-bond donors (Lipinski definition) is 1. The minimum atomic E-state index is -2.85. The van der Waals surface area contributed by atoms with E-state index in [1.54, 1.807) is 0 Å². The lowest BCUT2D eigenvalue weighted by Gasteiger charge is -2.09. The molecule has 1 aliphatic heterocycles. The highest BCUT2D eigenvalue weighted by Crippen LogP contribution is 2.17. The van der Waals surface area contributed by atoms with E-state index in [4.69, 9.17) is 4.74 Å². The van der Waals surface area contributed by atoms with Crippen molar-refractivity contribution in [2.24, 2.45) is 5.92 Å². The highest BCUT2D eigenvalue weighted by molar-refractivity contribution is 7.91.